The molecule has 38 heavy (non-hydrogen) atoms. The number of aryl methyl sites for hydroxylation is 1. The number of allylic oxidation sites excluding steroid dienone is 8. The standard InChI is InChI=1S/C16H15NO3.C13H15NO4/c1-10-6-4-5-7-13(10)16(19)20-17-14-8-12(3)15(18)9-11(14)2;1-7(2)9-5-10(8(3)4-11(9)15)14-18-13(16)12-6-17-12/h4-9H,1-3H3;4-5,7,12H,6H2,1-3H3/b17-14+;14-10-. The molecule has 0 aromatic heterocycles. The fraction of sp³-hybridized carbons (Fsp3) is 0.310. The quantitative estimate of drug-likeness (QED) is 0.245. The molecule has 1 aromatic rings. The van der Waals surface area contributed by atoms with Gasteiger partial charge >= 0.3 is 11.9 Å². The predicted molar refractivity (Wildman–Crippen MR) is 142 cm³/mol. The van der Waals surface area contributed by atoms with E-state index < -0.39 is 18.0 Å². The van der Waals surface area contributed by atoms with E-state index in [4.69, 9.17) is 14.4 Å². The van der Waals surface area contributed by atoms with Gasteiger partial charge in [-0.05, 0) is 86.3 Å². The molecule has 4 rings (SSSR count). The number of ether oxygens (including phenoxy) is 1. The van der Waals surface area contributed by atoms with Crippen molar-refractivity contribution in [3.05, 3.63) is 82.0 Å². The summed E-state index contributed by atoms with van der Waals surface area (Å²) in [6.45, 7) is 11.3. The Hall–Kier alpha value is -4.24. The van der Waals surface area contributed by atoms with E-state index in [1.165, 1.54) is 12.2 Å². The zero-order valence-electron chi connectivity index (χ0n) is 22.2. The van der Waals surface area contributed by atoms with Crippen LogP contribution < -0.4 is 0 Å². The zero-order chi connectivity index (χ0) is 28.0. The van der Waals surface area contributed by atoms with Gasteiger partial charge in [-0.2, -0.15) is 0 Å². The maximum atomic E-state index is 11.9. The first-order valence-corrected chi connectivity index (χ1v) is 12.1. The molecule has 3 aliphatic rings. The van der Waals surface area contributed by atoms with Crippen molar-refractivity contribution >= 4 is 34.9 Å². The molecule has 1 saturated heterocycles. The molecular formula is C29H30N2O7. The first kappa shape index (κ1) is 28.3. The summed E-state index contributed by atoms with van der Waals surface area (Å²) >= 11 is 0. The second-order valence-electron chi connectivity index (χ2n) is 9.34. The molecule has 1 aliphatic heterocycles. The van der Waals surface area contributed by atoms with Gasteiger partial charge in [0, 0.05) is 5.57 Å². The number of hydrogen-bond donors (Lipinski definition) is 0. The van der Waals surface area contributed by atoms with E-state index in [0.717, 1.165) is 5.56 Å². The Morgan fingerprint density at radius 2 is 1.42 bits per heavy atom. The van der Waals surface area contributed by atoms with E-state index in [2.05, 4.69) is 10.3 Å². The number of carbonyl (C=O) groups excluding carboxylic acids is 4. The molecule has 1 fully saturated rings. The van der Waals surface area contributed by atoms with Gasteiger partial charge in [-0.25, -0.2) is 9.59 Å². The van der Waals surface area contributed by atoms with Crippen molar-refractivity contribution in [2.45, 2.75) is 47.6 Å². The topological polar surface area (TPSA) is 124 Å². The number of benzene rings is 1. The molecule has 9 heteroatoms. The Morgan fingerprint density at radius 1 is 0.842 bits per heavy atom. The number of hydrogen-bond acceptors (Lipinski definition) is 9. The Kier molecular flexibility index (Phi) is 9.20. The molecule has 1 atom stereocenters. The Morgan fingerprint density at radius 3 is 2.03 bits per heavy atom. The smallest absolute Gasteiger partial charge is 0.361 e. The number of epoxide rings is 1. The molecule has 1 heterocycles. The highest BCUT2D eigenvalue weighted by molar-refractivity contribution is 6.22. The largest absolute Gasteiger partial charge is 0.366 e. The molecule has 0 N–H and O–H groups in total. The summed E-state index contributed by atoms with van der Waals surface area (Å²) in [7, 11) is 0. The van der Waals surface area contributed by atoms with E-state index in [1.54, 1.807) is 45.1 Å². The number of rotatable bonds is 5. The van der Waals surface area contributed by atoms with E-state index in [9.17, 15) is 19.2 Å². The first-order valence-electron chi connectivity index (χ1n) is 12.1. The van der Waals surface area contributed by atoms with Gasteiger partial charge in [-0.15, -0.1) is 0 Å². The van der Waals surface area contributed by atoms with Crippen LogP contribution in [0, 0.1) is 12.8 Å². The summed E-state index contributed by atoms with van der Waals surface area (Å²) in [6.07, 6.45) is 5.80. The maximum absolute atomic E-state index is 11.9. The Balaban J connectivity index is 0.000000212. The van der Waals surface area contributed by atoms with Crippen molar-refractivity contribution in [2.75, 3.05) is 6.61 Å². The molecule has 1 aromatic carbocycles. The van der Waals surface area contributed by atoms with Crippen LogP contribution >= 0.6 is 0 Å². The molecule has 198 valence electrons. The van der Waals surface area contributed by atoms with Gasteiger partial charge in [0.1, 0.15) is 11.4 Å². The average molecular weight is 519 g/mol. The highest BCUT2D eigenvalue weighted by atomic mass is 16.7. The van der Waals surface area contributed by atoms with E-state index >= 15 is 0 Å². The van der Waals surface area contributed by atoms with Gasteiger partial charge in [0.05, 0.1) is 12.2 Å². The van der Waals surface area contributed by atoms with Gasteiger partial charge in [0.2, 0.25) is 0 Å². The van der Waals surface area contributed by atoms with Crippen LogP contribution in [0.4, 0.5) is 0 Å². The normalized spacial score (nSPS) is 20.7. The van der Waals surface area contributed by atoms with Crippen LogP contribution in [0.5, 0.6) is 0 Å². The van der Waals surface area contributed by atoms with Crippen LogP contribution in [0.2, 0.25) is 0 Å². The van der Waals surface area contributed by atoms with Crippen molar-refractivity contribution in [2.24, 2.45) is 16.2 Å². The Bertz CT molecular complexity index is 1350. The molecule has 9 nitrogen and oxygen atoms in total. The summed E-state index contributed by atoms with van der Waals surface area (Å²) < 4.78 is 4.79. The number of oxime groups is 2. The van der Waals surface area contributed by atoms with E-state index in [0.29, 0.717) is 45.9 Å². The van der Waals surface area contributed by atoms with Crippen LogP contribution in [0.15, 0.2) is 81.2 Å². The van der Waals surface area contributed by atoms with Crippen LogP contribution in [0.25, 0.3) is 0 Å². The third-order valence-corrected chi connectivity index (χ3v) is 5.87. The zero-order valence-corrected chi connectivity index (χ0v) is 22.2. The highest BCUT2D eigenvalue weighted by Gasteiger charge is 2.33. The fourth-order valence-electron chi connectivity index (χ4n) is 3.39. The molecule has 2 aliphatic carbocycles. The monoisotopic (exact) mass is 518 g/mol. The number of nitrogens with zero attached hydrogens (tertiary/aromatic N) is 2. The van der Waals surface area contributed by atoms with Crippen molar-refractivity contribution in [1.29, 1.82) is 0 Å². The molecule has 0 bridgehead atoms. The van der Waals surface area contributed by atoms with Gasteiger partial charge in [0.25, 0.3) is 0 Å². The van der Waals surface area contributed by atoms with Gasteiger partial charge in [-0.1, -0.05) is 42.4 Å². The fourth-order valence-corrected chi connectivity index (χ4v) is 3.39. The van der Waals surface area contributed by atoms with Crippen LogP contribution in [-0.2, 0) is 28.8 Å². The minimum atomic E-state index is -0.508. The lowest BCUT2D eigenvalue weighted by Gasteiger charge is -2.14. The molecular weight excluding hydrogens is 488 g/mol. The summed E-state index contributed by atoms with van der Waals surface area (Å²) in [5.41, 5.74) is 4.91. The van der Waals surface area contributed by atoms with Crippen molar-refractivity contribution in [1.82, 2.24) is 0 Å². The third kappa shape index (κ3) is 7.39. The van der Waals surface area contributed by atoms with Gasteiger partial charge in [-0.3, -0.25) is 9.59 Å². The van der Waals surface area contributed by atoms with E-state index in [-0.39, 0.29) is 17.5 Å². The predicted octanol–water partition coefficient (Wildman–Crippen LogP) is 4.38. The molecule has 0 radical (unpaired) electrons. The summed E-state index contributed by atoms with van der Waals surface area (Å²) in [4.78, 5) is 56.1. The SMILES string of the molecule is CC1=C/C(=N\OC(=O)c2ccccc2C)C(C)=CC1=O.CC1=CC(=O)C(C(C)C)=C/C1=N/OC(=O)C1CO1. The summed E-state index contributed by atoms with van der Waals surface area (Å²) in [5, 5.41) is 7.62. The third-order valence-electron chi connectivity index (χ3n) is 5.87. The van der Waals surface area contributed by atoms with Crippen molar-refractivity contribution < 1.29 is 33.6 Å². The second-order valence-corrected chi connectivity index (χ2v) is 9.34. The minimum Gasteiger partial charge on any atom is -0.361 e. The second kappa shape index (κ2) is 12.3. The lowest BCUT2D eigenvalue weighted by Crippen LogP contribution is -2.17. The minimum absolute atomic E-state index is 0.0155. The number of ketones is 2. The lowest BCUT2D eigenvalue weighted by molar-refractivity contribution is -0.145. The maximum Gasteiger partial charge on any atom is 0.366 e. The van der Waals surface area contributed by atoms with E-state index in [1.807, 2.05) is 32.9 Å². The highest BCUT2D eigenvalue weighted by Crippen LogP contribution is 2.20. The molecule has 0 spiro atoms. The Labute approximate surface area is 221 Å². The van der Waals surface area contributed by atoms with Crippen LogP contribution in [0.3, 0.4) is 0 Å². The van der Waals surface area contributed by atoms with Crippen molar-refractivity contribution in [3.8, 4) is 0 Å². The summed E-state index contributed by atoms with van der Waals surface area (Å²) in [6, 6.07) is 7.14. The van der Waals surface area contributed by atoms with Gasteiger partial charge < -0.3 is 14.4 Å². The lowest BCUT2D eigenvalue weighted by atomic mass is 9.90. The number of carbonyl (C=O) groups is 4. The molecule has 0 amide bonds. The van der Waals surface area contributed by atoms with Crippen molar-refractivity contribution in [3.63, 3.8) is 0 Å². The molecule has 0 saturated carbocycles. The van der Waals surface area contributed by atoms with Gasteiger partial charge in [0.15, 0.2) is 17.7 Å². The first-order chi connectivity index (χ1) is 18.0. The summed E-state index contributed by atoms with van der Waals surface area (Å²) in [5.74, 6) is -0.961. The van der Waals surface area contributed by atoms with Crippen LogP contribution in [-0.4, -0.2) is 47.6 Å². The average Bonchev–Trinajstić information content (AvgIpc) is 3.71. The molecule has 1 unspecified atom stereocenters. The van der Waals surface area contributed by atoms with Crippen LogP contribution in [0.1, 0.15) is 50.5 Å².